The molecular formula is C13H19O. The topological polar surface area (TPSA) is 9.23 Å². The molecule has 2 rings (SSSR count). The van der Waals surface area contributed by atoms with Gasteiger partial charge >= 0.3 is 0 Å². The van der Waals surface area contributed by atoms with Crippen molar-refractivity contribution in [2.45, 2.75) is 39.0 Å². The molecule has 1 aliphatic heterocycles. The van der Waals surface area contributed by atoms with Crippen LogP contribution in [0.15, 0.2) is 23.5 Å². The van der Waals surface area contributed by atoms with Gasteiger partial charge in [-0.3, -0.25) is 0 Å². The first-order valence-corrected chi connectivity index (χ1v) is 5.75. The van der Waals surface area contributed by atoms with Gasteiger partial charge in [0.25, 0.3) is 0 Å². The van der Waals surface area contributed by atoms with Gasteiger partial charge in [-0.2, -0.15) is 0 Å². The number of unbranched alkanes of at least 4 members (excludes halogenated alkanes) is 1. The van der Waals surface area contributed by atoms with Crippen molar-refractivity contribution in [1.29, 1.82) is 0 Å². The molecule has 0 N–H and O–H groups in total. The van der Waals surface area contributed by atoms with Gasteiger partial charge in [0, 0.05) is 0 Å². The highest BCUT2D eigenvalue weighted by molar-refractivity contribution is 5.37. The molecular weight excluding hydrogens is 172 g/mol. The lowest BCUT2D eigenvalue weighted by Crippen LogP contribution is -2.15. The average Bonchev–Trinajstić information content (AvgIpc) is 2.26. The fraction of sp³-hybridized carbons (Fsp3) is 0.615. The van der Waals surface area contributed by atoms with E-state index in [9.17, 15) is 0 Å². The molecule has 77 valence electrons. The summed E-state index contributed by atoms with van der Waals surface area (Å²) in [4.78, 5) is 0. The Morgan fingerprint density at radius 2 is 2.43 bits per heavy atom. The van der Waals surface area contributed by atoms with E-state index < -0.39 is 0 Å². The van der Waals surface area contributed by atoms with Crippen molar-refractivity contribution in [3.05, 3.63) is 29.9 Å². The van der Waals surface area contributed by atoms with E-state index >= 15 is 0 Å². The van der Waals surface area contributed by atoms with Crippen molar-refractivity contribution in [3.8, 4) is 0 Å². The predicted octanol–water partition coefficient (Wildman–Crippen LogP) is 3.63. The van der Waals surface area contributed by atoms with Crippen LogP contribution in [-0.2, 0) is 4.74 Å². The number of ether oxygens (including phenoxy) is 1. The first-order valence-electron chi connectivity index (χ1n) is 5.75. The van der Waals surface area contributed by atoms with E-state index in [1.807, 2.05) is 6.26 Å². The largest absolute Gasteiger partial charge is 0.497 e. The smallest absolute Gasteiger partial charge is 0.109 e. The van der Waals surface area contributed by atoms with E-state index in [2.05, 4.69) is 19.4 Å². The fourth-order valence-electron chi connectivity index (χ4n) is 2.25. The monoisotopic (exact) mass is 191 g/mol. The van der Waals surface area contributed by atoms with Crippen LogP contribution in [0, 0.1) is 12.3 Å². The normalized spacial score (nSPS) is 25.9. The molecule has 1 aliphatic carbocycles. The first-order chi connectivity index (χ1) is 6.90. The quantitative estimate of drug-likeness (QED) is 0.662. The molecule has 0 aromatic heterocycles. The van der Waals surface area contributed by atoms with Crippen molar-refractivity contribution < 1.29 is 4.74 Å². The minimum absolute atomic E-state index is 0.816. The second-order valence-electron chi connectivity index (χ2n) is 4.28. The summed E-state index contributed by atoms with van der Waals surface area (Å²) in [5, 5.41) is 0. The van der Waals surface area contributed by atoms with Gasteiger partial charge in [-0.05, 0) is 48.8 Å². The molecule has 1 unspecified atom stereocenters. The summed E-state index contributed by atoms with van der Waals surface area (Å²) >= 11 is 0. The Balaban J connectivity index is 1.91. The van der Waals surface area contributed by atoms with Crippen LogP contribution in [0.4, 0.5) is 0 Å². The van der Waals surface area contributed by atoms with E-state index in [-0.39, 0.29) is 0 Å². The summed E-state index contributed by atoms with van der Waals surface area (Å²) in [6, 6.07) is 0. The molecule has 1 heterocycles. The molecule has 14 heavy (non-hydrogen) atoms. The van der Waals surface area contributed by atoms with Gasteiger partial charge in [0.15, 0.2) is 0 Å². The maximum absolute atomic E-state index is 5.30. The molecule has 0 fully saturated rings. The van der Waals surface area contributed by atoms with Crippen LogP contribution in [0.25, 0.3) is 0 Å². The Morgan fingerprint density at radius 1 is 1.50 bits per heavy atom. The van der Waals surface area contributed by atoms with E-state index in [0.717, 1.165) is 12.5 Å². The molecule has 0 saturated heterocycles. The second-order valence-corrected chi connectivity index (χ2v) is 4.28. The molecule has 1 heteroatoms. The summed E-state index contributed by atoms with van der Waals surface area (Å²) < 4.78 is 5.30. The zero-order valence-electron chi connectivity index (χ0n) is 8.96. The lowest BCUT2D eigenvalue weighted by molar-refractivity contribution is 0.264. The summed E-state index contributed by atoms with van der Waals surface area (Å²) in [6.07, 6.45) is 13.0. The highest BCUT2D eigenvalue weighted by atomic mass is 16.5. The summed E-state index contributed by atoms with van der Waals surface area (Å²) in [6.45, 7) is 3.09. The Hall–Kier alpha value is -0.720. The van der Waals surface area contributed by atoms with Crippen LogP contribution in [-0.4, -0.2) is 6.61 Å². The molecule has 0 spiro atoms. The Bertz CT molecular complexity index is 250. The van der Waals surface area contributed by atoms with Gasteiger partial charge in [0.05, 0.1) is 6.26 Å². The minimum Gasteiger partial charge on any atom is -0.497 e. The maximum atomic E-state index is 5.30. The molecule has 0 bridgehead atoms. The van der Waals surface area contributed by atoms with Crippen LogP contribution < -0.4 is 0 Å². The van der Waals surface area contributed by atoms with Crippen molar-refractivity contribution in [3.63, 3.8) is 0 Å². The van der Waals surface area contributed by atoms with E-state index in [4.69, 9.17) is 4.74 Å². The number of hydrogen-bond donors (Lipinski definition) is 0. The van der Waals surface area contributed by atoms with Crippen molar-refractivity contribution >= 4 is 0 Å². The van der Waals surface area contributed by atoms with Gasteiger partial charge in [-0.15, -0.1) is 0 Å². The predicted molar refractivity (Wildman–Crippen MR) is 58.7 cm³/mol. The van der Waals surface area contributed by atoms with Crippen LogP contribution in [0.2, 0.25) is 0 Å². The number of hydrogen-bond acceptors (Lipinski definition) is 1. The molecule has 0 amide bonds. The third-order valence-electron chi connectivity index (χ3n) is 3.17. The average molecular weight is 191 g/mol. The molecule has 0 aromatic carbocycles. The van der Waals surface area contributed by atoms with Crippen molar-refractivity contribution in [2.75, 3.05) is 6.61 Å². The van der Waals surface area contributed by atoms with Crippen molar-refractivity contribution in [1.82, 2.24) is 0 Å². The zero-order chi connectivity index (χ0) is 9.80. The Labute approximate surface area is 86.8 Å². The first kappa shape index (κ1) is 9.82. The van der Waals surface area contributed by atoms with Crippen LogP contribution in [0.1, 0.15) is 39.0 Å². The second kappa shape index (κ2) is 4.68. The molecule has 0 aromatic rings. The van der Waals surface area contributed by atoms with Gasteiger partial charge in [0.2, 0.25) is 0 Å². The van der Waals surface area contributed by atoms with E-state index in [0.29, 0.717) is 0 Å². The van der Waals surface area contributed by atoms with E-state index in [1.165, 1.54) is 43.3 Å². The Kier molecular flexibility index (Phi) is 3.28. The van der Waals surface area contributed by atoms with Gasteiger partial charge < -0.3 is 4.74 Å². The van der Waals surface area contributed by atoms with Crippen LogP contribution >= 0.6 is 0 Å². The van der Waals surface area contributed by atoms with Gasteiger partial charge in [-0.1, -0.05) is 19.8 Å². The van der Waals surface area contributed by atoms with Crippen molar-refractivity contribution in [2.24, 2.45) is 5.92 Å². The van der Waals surface area contributed by atoms with Gasteiger partial charge in [0.1, 0.15) is 6.61 Å². The fourth-order valence-corrected chi connectivity index (χ4v) is 2.25. The molecule has 1 atom stereocenters. The summed E-state index contributed by atoms with van der Waals surface area (Å²) in [7, 11) is 0. The SMILES string of the molecule is CCCCC1[CH]C2=C(CC1)COC=C2. The lowest BCUT2D eigenvalue weighted by atomic mass is 9.81. The third-order valence-corrected chi connectivity index (χ3v) is 3.17. The highest BCUT2D eigenvalue weighted by Gasteiger charge is 2.21. The van der Waals surface area contributed by atoms with Crippen LogP contribution in [0.5, 0.6) is 0 Å². The summed E-state index contributed by atoms with van der Waals surface area (Å²) in [5.41, 5.74) is 2.95. The van der Waals surface area contributed by atoms with Gasteiger partial charge in [-0.25, -0.2) is 0 Å². The maximum Gasteiger partial charge on any atom is 0.109 e. The number of allylic oxidation sites excluding steroid dienone is 2. The molecule has 1 radical (unpaired) electrons. The minimum atomic E-state index is 0.816. The van der Waals surface area contributed by atoms with E-state index in [1.54, 1.807) is 0 Å². The molecule has 2 aliphatic rings. The molecule has 0 saturated carbocycles. The number of rotatable bonds is 3. The lowest BCUT2D eigenvalue weighted by Gasteiger charge is -2.27. The molecule has 1 nitrogen and oxygen atoms in total. The summed E-state index contributed by atoms with van der Waals surface area (Å²) in [5.74, 6) is 0.816. The Morgan fingerprint density at radius 3 is 3.29 bits per heavy atom. The third kappa shape index (κ3) is 2.20. The zero-order valence-corrected chi connectivity index (χ0v) is 8.96. The standard InChI is InChI=1S/C13H19O/c1-2-3-4-11-5-6-13-10-14-8-7-12(13)9-11/h7-9,11H,2-6,10H2,1H3. The van der Waals surface area contributed by atoms with Crippen LogP contribution in [0.3, 0.4) is 0 Å². The highest BCUT2D eigenvalue weighted by Crippen LogP contribution is 2.33.